The Morgan fingerprint density at radius 2 is 1.25 bits per heavy atom. The molecule has 10 nitrogen and oxygen atoms in total. The zero-order valence-electron chi connectivity index (χ0n) is 36.8. The Balaban J connectivity index is 0.000000167. The first-order chi connectivity index (χ1) is 28.0. The van der Waals surface area contributed by atoms with Crippen LogP contribution in [0.2, 0.25) is 0 Å². The summed E-state index contributed by atoms with van der Waals surface area (Å²) in [7, 11) is 0. The summed E-state index contributed by atoms with van der Waals surface area (Å²) in [4.78, 5) is 73.7. The molecule has 60 heavy (non-hydrogen) atoms. The molecule has 322 valence electrons. The van der Waals surface area contributed by atoms with Crippen molar-refractivity contribution < 1.29 is 48.1 Å². The highest BCUT2D eigenvalue weighted by atomic mass is 16.7. The molecule has 1 saturated heterocycles. The number of allylic oxidation sites excluding steroid dienone is 12. The molecule has 0 amide bonds. The zero-order chi connectivity index (χ0) is 43.6. The highest BCUT2D eigenvalue weighted by molar-refractivity contribution is 6.02. The van der Waals surface area contributed by atoms with Gasteiger partial charge in [-0.2, -0.15) is 0 Å². The average Bonchev–Trinajstić information content (AvgIpc) is 3.64. The Kier molecular flexibility index (Phi) is 10.0. The van der Waals surface area contributed by atoms with E-state index in [-0.39, 0.29) is 76.3 Å². The lowest BCUT2D eigenvalue weighted by Gasteiger charge is -2.57. The number of hydrogen-bond donors (Lipinski definition) is 1. The Bertz CT molecular complexity index is 2170. The third-order valence-corrected chi connectivity index (χ3v) is 17.6. The van der Waals surface area contributed by atoms with Crippen LogP contribution in [0.15, 0.2) is 70.9 Å². The number of carbonyl (C=O) groups excluding carboxylic acids is 6. The molecular formula is C50H62O10. The molecular weight excluding hydrogens is 761 g/mol. The Hall–Kier alpha value is -3.86. The van der Waals surface area contributed by atoms with Crippen LogP contribution in [0.25, 0.3) is 0 Å². The van der Waals surface area contributed by atoms with Gasteiger partial charge >= 0.3 is 5.97 Å². The maximum atomic E-state index is 13.3. The monoisotopic (exact) mass is 822 g/mol. The van der Waals surface area contributed by atoms with Crippen molar-refractivity contribution in [1.82, 2.24) is 0 Å². The van der Waals surface area contributed by atoms with Gasteiger partial charge in [-0.3, -0.25) is 28.8 Å². The first kappa shape index (κ1) is 42.8. The molecule has 0 radical (unpaired) electrons. The average molecular weight is 823 g/mol. The lowest BCUT2D eigenvalue weighted by atomic mass is 9.49. The van der Waals surface area contributed by atoms with Crippen molar-refractivity contribution in [2.75, 3.05) is 13.2 Å². The van der Waals surface area contributed by atoms with E-state index < -0.39 is 34.2 Å². The molecule has 0 aromatic rings. The Labute approximate surface area is 354 Å². The van der Waals surface area contributed by atoms with Crippen LogP contribution < -0.4 is 0 Å². The van der Waals surface area contributed by atoms with E-state index in [9.17, 15) is 33.9 Å². The number of ketones is 5. The maximum absolute atomic E-state index is 13.3. The molecule has 1 N–H and O–H groups in total. The standard InChI is InChI=1S/C26H32O5.C24H30O5/c1-15-12-18-19(23(3)9-6-17(28)13-21(15)23)7-10-24(4)20(18)8-11-26(24)22(29)14-30-25(5,31-26)16(2)27;1-14-11-17-18(22(3)8-5-16(26)12-20(14)22)6-9-23(4)19(17)7-10-24(23,28)21(27)13-29-15(2)25/h6-7,9,13,15,18,20H,8,10-12,14H2,1-5H3;5-6,8,12,14,17,19,28H,7,9-11,13H2,1-4H3/t15-,18?,20?,23+,24-,25?,26-;14-,17?,19?,22+,23-,24-/m00/s1. The fraction of sp³-hybridized carbons (Fsp3) is 0.640. The van der Waals surface area contributed by atoms with E-state index in [4.69, 9.17) is 14.2 Å². The van der Waals surface area contributed by atoms with E-state index in [2.05, 4.69) is 52.8 Å². The number of fused-ring (bicyclic) bond motifs is 11. The Morgan fingerprint density at radius 1 is 0.750 bits per heavy atom. The summed E-state index contributed by atoms with van der Waals surface area (Å²) < 4.78 is 16.9. The second-order valence-electron chi connectivity index (χ2n) is 20.6. The van der Waals surface area contributed by atoms with Crippen LogP contribution in [-0.2, 0) is 43.0 Å². The summed E-state index contributed by atoms with van der Waals surface area (Å²) >= 11 is 0. The summed E-state index contributed by atoms with van der Waals surface area (Å²) in [5, 5.41) is 11.5. The van der Waals surface area contributed by atoms with Gasteiger partial charge in [0.05, 0.1) is 0 Å². The van der Waals surface area contributed by atoms with E-state index in [1.807, 2.05) is 19.1 Å². The highest BCUT2D eigenvalue weighted by Gasteiger charge is 2.70. The number of carbonyl (C=O) groups is 6. The molecule has 8 aliphatic carbocycles. The van der Waals surface area contributed by atoms with Crippen LogP contribution in [0.1, 0.15) is 114 Å². The maximum Gasteiger partial charge on any atom is 0.303 e. The number of esters is 1. The largest absolute Gasteiger partial charge is 0.458 e. The minimum absolute atomic E-state index is 0.0353. The number of hydrogen-bond acceptors (Lipinski definition) is 10. The van der Waals surface area contributed by atoms with E-state index >= 15 is 0 Å². The van der Waals surface area contributed by atoms with E-state index in [0.29, 0.717) is 31.1 Å². The lowest BCUT2D eigenvalue weighted by Crippen LogP contribution is -2.65. The molecule has 1 aliphatic heterocycles. The topological polar surface area (TPSA) is 150 Å². The SMILES string of the molecule is CC(=O)C1(C)OCC(=O)[C@]2(CCC3C4C[C@H](C)C5=CC(=O)C=C[C@]5(C)C4=CC[C@@]32C)O1.CC(=O)OCC(=O)[C@@]1(O)CCC2C3C[C@H](C)C4=CC(=O)C=C[C@]4(C)C3=CC[C@@]21C. The molecule has 9 aliphatic rings. The lowest BCUT2D eigenvalue weighted by molar-refractivity contribution is -0.301. The molecule has 0 aromatic heterocycles. The molecule has 0 aromatic carbocycles. The van der Waals surface area contributed by atoms with Crippen molar-refractivity contribution >= 4 is 34.9 Å². The van der Waals surface area contributed by atoms with Gasteiger partial charge in [-0.05, 0) is 143 Å². The number of aliphatic hydroxyl groups is 1. The van der Waals surface area contributed by atoms with Crippen molar-refractivity contribution in [1.29, 1.82) is 0 Å². The summed E-state index contributed by atoms with van der Waals surface area (Å²) in [5.74, 6) is -0.766. The minimum Gasteiger partial charge on any atom is -0.458 e. The van der Waals surface area contributed by atoms with Gasteiger partial charge in [0.2, 0.25) is 11.6 Å². The number of rotatable bonds is 4. The predicted molar refractivity (Wildman–Crippen MR) is 223 cm³/mol. The number of ether oxygens (including phenoxy) is 3. The molecule has 4 saturated carbocycles. The van der Waals surface area contributed by atoms with Gasteiger partial charge in [0.1, 0.15) is 17.8 Å². The first-order valence-electron chi connectivity index (χ1n) is 22.1. The third kappa shape index (κ3) is 5.89. The first-order valence-corrected chi connectivity index (χ1v) is 22.1. The van der Waals surface area contributed by atoms with E-state index in [0.717, 1.165) is 32.1 Å². The molecule has 1 heterocycles. The molecule has 13 atom stereocenters. The third-order valence-electron chi connectivity index (χ3n) is 17.6. The van der Waals surface area contributed by atoms with Crippen molar-refractivity contribution in [3.05, 3.63) is 70.9 Å². The smallest absolute Gasteiger partial charge is 0.303 e. The van der Waals surface area contributed by atoms with Crippen LogP contribution in [0.3, 0.4) is 0 Å². The highest BCUT2D eigenvalue weighted by Crippen LogP contribution is 2.68. The van der Waals surface area contributed by atoms with E-state index in [1.54, 1.807) is 25.2 Å². The molecule has 10 heteroatoms. The minimum atomic E-state index is -1.48. The van der Waals surface area contributed by atoms with Gasteiger partial charge in [-0.15, -0.1) is 0 Å². The normalized spacial score (nSPS) is 45.9. The van der Waals surface area contributed by atoms with Crippen LogP contribution in [0.4, 0.5) is 0 Å². The molecule has 5 fully saturated rings. The predicted octanol–water partition coefficient (Wildman–Crippen LogP) is 7.44. The van der Waals surface area contributed by atoms with Crippen LogP contribution >= 0.6 is 0 Å². The second-order valence-corrected chi connectivity index (χ2v) is 20.6. The van der Waals surface area contributed by atoms with Crippen molar-refractivity contribution in [2.45, 2.75) is 131 Å². The van der Waals surface area contributed by atoms with E-state index in [1.165, 1.54) is 36.1 Å². The molecule has 9 rings (SSSR count). The van der Waals surface area contributed by atoms with Crippen LogP contribution in [0.5, 0.6) is 0 Å². The molecule has 5 unspecified atom stereocenters. The molecule has 1 spiro atoms. The van der Waals surface area contributed by atoms with Crippen molar-refractivity contribution in [3.63, 3.8) is 0 Å². The summed E-state index contributed by atoms with van der Waals surface area (Å²) in [5.41, 5.74) is 1.16. The quantitative estimate of drug-likeness (QED) is 0.224. The van der Waals surface area contributed by atoms with Gasteiger partial charge in [0.15, 0.2) is 29.7 Å². The fourth-order valence-electron chi connectivity index (χ4n) is 14.1. The molecule has 0 bridgehead atoms. The summed E-state index contributed by atoms with van der Waals surface area (Å²) in [6.07, 6.45) is 21.5. The summed E-state index contributed by atoms with van der Waals surface area (Å²) in [6, 6.07) is 0. The van der Waals surface area contributed by atoms with Gasteiger partial charge in [0.25, 0.3) is 0 Å². The zero-order valence-corrected chi connectivity index (χ0v) is 36.8. The Morgan fingerprint density at radius 3 is 1.77 bits per heavy atom. The summed E-state index contributed by atoms with van der Waals surface area (Å²) in [6.45, 7) is 16.9. The van der Waals surface area contributed by atoms with Gasteiger partial charge < -0.3 is 19.3 Å². The van der Waals surface area contributed by atoms with Gasteiger partial charge in [-0.1, -0.05) is 63.1 Å². The number of Topliss-reactive ketones (excluding diaryl/α,β-unsaturated/α-hetero) is 3. The fourth-order valence-corrected chi connectivity index (χ4v) is 14.1. The van der Waals surface area contributed by atoms with Crippen molar-refractivity contribution in [3.8, 4) is 0 Å². The van der Waals surface area contributed by atoms with Gasteiger partial charge in [-0.25, -0.2) is 0 Å². The second kappa shape index (κ2) is 14.1. The van der Waals surface area contributed by atoms with Crippen LogP contribution in [-0.4, -0.2) is 70.2 Å². The van der Waals surface area contributed by atoms with Crippen LogP contribution in [0, 0.1) is 57.2 Å². The van der Waals surface area contributed by atoms with Crippen molar-refractivity contribution in [2.24, 2.45) is 57.2 Å². The van der Waals surface area contributed by atoms with Gasteiger partial charge in [0, 0.05) is 35.5 Å².